The highest BCUT2D eigenvalue weighted by molar-refractivity contribution is 6.05. The molecule has 180 valence electrons. The van der Waals surface area contributed by atoms with Crippen LogP contribution in [0.1, 0.15) is 58.8 Å². The molecule has 0 radical (unpaired) electrons. The molecule has 0 spiro atoms. The summed E-state index contributed by atoms with van der Waals surface area (Å²) in [6, 6.07) is 4.43. The number of imide groups is 1. The molecule has 2 saturated heterocycles. The van der Waals surface area contributed by atoms with Crippen LogP contribution in [-0.2, 0) is 22.7 Å². The van der Waals surface area contributed by atoms with Gasteiger partial charge in [-0.25, -0.2) is 14.4 Å². The number of hydrogen-bond donors (Lipinski definition) is 1. The minimum Gasteiger partial charge on any atom is -0.322 e. The summed E-state index contributed by atoms with van der Waals surface area (Å²) in [5.41, 5.74) is 2.65. The van der Waals surface area contributed by atoms with Crippen molar-refractivity contribution >= 4 is 23.5 Å². The lowest BCUT2D eigenvalue weighted by Gasteiger charge is -2.32. The van der Waals surface area contributed by atoms with E-state index in [4.69, 9.17) is 0 Å². The molecule has 1 atom stereocenters. The largest absolute Gasteiger partial charge is 0.322 e. The fourth-order valence-corrected chi connectivity index (χ4v) is 5.48. The second-order valence-corrected chi connectivity index (χ2v) is 9.53. The van der Waals surface area contributed by atoms with Crippen molar-refractivity contribution in [1.29, 1.82) is 0 Å². The maximum Gasteiger partial charge on any atom is 0.255 e. The third-order valence-corrected chi connectivity index (χ3v) is 7.37. The van der Waals surface area contributed by atoms with Gasteiger partial charge < -0.3 is 4.90 Å². The van der Waals surface area contributed by atoms with Crippen LogP contribution < -0.4 is 5.32 Å². The Morgan fingerprint density at radius 1 is 1.09 bits per heavy atom. The normalized spacial score (nSPS) is 21.6. The molecule has 1 unspecified atom stereocenters. The Hall–Kier alpha value is -3.66. The van der Waals surface area contributed by atoms with Crippen LogP contribution >= 0.6 is 0 Å². The summed E-state index contributed by atoms with van der Waals surface area (Å²) in [6.45, 7) is 2.63. The SMILES string of the molecule is O=C1CCC(N2Cc3cc(C4CCN(Cc5ccn6ccnc6n5)CC4)c(F)cc3C2=O)C(=O)N1. The summed E-state index contributed by atoms with van der Waals surface area (Å²) in [5.74, 6) is -0.758. The lowest BCUT2D eigenvalue weighted by molar-refractivity contribution is -0.136. The van der Waals surface area contributed by atoms with Gasteiger partial charge in [0.2, 0.25) is 17.6 Å². The number of piperidine rings is 2. The summed E-state index contributed by atoms with van der Waals surface area (Å²) in [5, 5.41) is 2.30. The molecule has 0 aliphatic carbocycles. The van der Waals surface area contributed by atoms with E-state index in [1.165, 1.54) is 11.0 Å². The van der Waals surface area contributed by atoms with Gasteiger partial charge in [0, 0.05) is 43.7 Å². The minimum atomic E-state index is -0.697. The van der Waals surface area contributed by atoms with E-state index in [0.717, 1.165) is 43.7 Å². The third kappa shape index (κ3) is 3.97. The topological polar surface area (TPSA) is 99.9 Å². The molecule has 6 rings (SSSR count). The Labute approximate surface area is 200 Å². The van der Waals surface area contributed by atoms with Gasteiger partial charge in [0.05, 0.1) is 5.69 Å². The summed E-state index contributed by atoms with van der Waals surface area (Å²) < 4.78 is 17.0. The molecule has 3 amide bonds. The molecule has 5 heterocycles. The van der Waals surface area contributed by atoms with Crippen LogP contribution in [0.2, 0.25) is 0 Å². The van der Waals surface area contributed by atoms with Gasteiger partial charge in [-0.1, -0.05) is 6.07 Å². The molecule has 0 bridgehead atoms. The van der Waals surface area contributed by atoms with Crippen molar-refractivity contribution in [2.75, 3.05) is 13.1 Å². The Balaban J connectivity index is 1.13. The number of nitrogens with one attached hydrogen (secondary N) is 1. The van der Waals surface area contributed by atoms with Gasteiger partial charge in [0.25, 0.3) is 5.91 Å². The number of benzene rings is 1. The van der Waals surface area contributed by atoms with Crippen LogP contribution in [0.4, 0.5) is 4.39 Å². The van der Waals surface area contributed by atoms with Gasteiger partial charge in [-0.2, -0.15) is 0 Å². The van der Waals surface area contributed by atoms with Crippen molar-refractivity contribution in [2.24, 2.45) is 0 Å². The van der Waals surface area contributed by atoms with E-state index < -0.39 is 11.9 Å². The van der Waals surface area contributed by atoms with Gasteiger partial charge in [-0.15, -0.1) is 0 Å². The fourth-order valence-electron chi connectivity index (χ4n) is 5.48. The van der Waals surface area contributed by atoms with E-state index in [2.05, 4.69) is 20.2 Å². The second kappa shape index (κ2) is 8.53. The molecule has 2 aromatic heterocycles. The van der Waals surface area contributed by atoms with Gasteiger partial charge in [-0.3, -0.25) is 29.0 Å². The van der Waals surface area contributed by atoms with E-state index in [9.17, 15) is 14.4 Å². The Morgan fingerprint density at radius 3 is 2.71 bits per heavy atom. The van der Waals surface area contributed by atoms with Crippen LogP contribution in [0.15, 0.2) is 36.8 Å². The Morgan fingerprint density at radius 2 is 1.91 bits per heavy atom. The molecule has 35 heavy (non-hydrogen) atoms. The zero-order valence-electron chi connectivity index (χ0n) is 19.1. The highest BCUT2D eigenvalue weighted by atomic mass is 19.1. The number of nitrogens with zero attached hydrogens (tertiary/aromatic N) is 5. The van der Waals surface area contributed by atoms with E-state index >= 15 is 4.39 Å². The van der Waals surface area contributed by atoms with Crippen LogP contribution in [0, 0.1) is 5.82 Å². The lowest BCUT2D eigenvalue weighted by atomic mass is 9.87. The number of rotatable bonds is 4. The predicted octanol–water partition coefficient (Wildman–Crippen LogP) is 2.01. The predicted molar refractivity (Wildman–Crippen MR) is 123 cm³/mol. The molecule has 3 aliphatic rings. The molecule has 1 aromatic carbocycles. The highest BCUT2D eigenvalue weighted by Gasteiger charge is 2.40. The summed E-state index contributed by atoms with van der Waals surface area (Å²) in [7, 11) is 0. The van der Waals surface area contributed by atoms with Gasteiger partial charge in [-0.05, 0) is 61.5 Å². The van der Waals surface area contributed by atoms with Crippen LogP contribution in [0.5, 0.6) is 0 Å². The molecule has 1 N–H and O–H groups in total. The molecule has 3 aliphatic heterocycles. The van der Waals surface area contributed by atoms with E-state index in [0.29, 0.717) is 23.3 Å². The molecule has 2 fully saturated rings. The van der Waals surface area contributed by atoms with Crippen molar-refractivity contribution in [3.63, 3.8) is 0 Å². The summed E-state index contributed by atoms with van der Waals surface area (Å²) in [6.07, 6.45) is 7.65. The van der Waals surface area contributed by atoms with Crippen molar-refractivity contribution in [2.45, 2.75) is 50.7 Å². The van der Waals surface area contributed by atoms with Gasteiger partial charge in [0.1, 0.15) is 11.9 Å². The smallest absolute Gasteiger partial charge is 0.255 e. The Kier molecular flexibility index (Phi) is 5.32. The van der Waals surface area contributed by atoms with Gasteiger partial charge >= 0.3 is 0 Å². The van der Waals surface area contributed by atoms with Crippen molar-refractivity contribution in [1.82, 2.24) is 29.5 Å². The first-order valence-corrected chi connectivity index (χ1v) is 11.9. The molecular formula is C25H25FN6O3. The fraction of sp³-hybridized carbons (Fsp3) is 0.400. The van der Waals surface area contributed by atoms with Crippen LogP contribution in [0.3, 0.4) is 0 Å². The first kappa shape index (κ1) is 21.8. The van der Waals surface area contributed by atoms with Crippen LogP contribution in [-0.4, -0.2) is 61.0 Å². The highest BCUT2D eigenvalue weighted by Crippen LogP contribution is 2.35. The molecule has 9 nitrogen and oxygen atoms in total. The number of amides is 3. The van der Waals surface area contributed by atoms with Crippen molar-refractivity contribution < 1.29 is 18.8 Å². The summed E-state index contributed by atoms with van der Waals surface area (Å²) in [4.78, 5) is 49.3. The number of aromatic nitrogens is 3. The number of imidazole rings is 1. The zero-order valence-corrected chi connectivity index (χ0v) is 19.1. The number of carbonyl (C=O) groups excluding carboxylic acids is 3. The first-order chi connectivity index (χ1) is 17.0. The monoisotopic (exact) mass is 476 g/mol. The number of halogens is 1. The van der Waals surface area contributed by atoms with Gasteiger partial charge in [0.15, 0.2) is 0 Å². The maximum absolute atomic E-state index is 15.1. The third-order valence-electron chi connectivity index (χ3n) is 7.37. The number of hydrogen-bond acceptors (Lipinski definition) is 6. The average molecular weight is 477 g/mol. The van der Waals surface area contributed by atoms with Crippen molar-refractivity contribution in [3.8, 4) is 0 Å². The quantitative estimate of drug-likeness (QED) is 0.579. The molecule has 10 heteroatoms. The van der Waals surface area contributed by atoms with Crippen LogP contribution in [0.25, 0.3) is 5.78 Å². The van der Waals surface area contributed by atoms with E-state index in [1.807, 2.05) is 28.9 Å². The zero-order chi connectivity index (χ0) is 24.1. The molecular weight excluding hydrogens is 451 g/mol. The van der Waals surface area contributed by atoms with E-state index in [1.54, 1.807) is 6.20 Å². The standard InChI is InChI=1S/C25H25FN6O3/c26-20-12-19-16(13-32(24(19)35)21-1-2-22(33)29-23(21)34)11-18(20)15-3-7-30(8-4-15)14-17-5-9-31-10-6-27-25(31)28-17/h5-6,9-12,15,21H,1-4,7-8,13-14H2,(H,29,33,34). The number of fused-ring (bicyclic) bond motifs is 2. The molecule has 3 aromatic rings. The summed E-state index contributed by atoms with van der Waals surface area (Å²) >= 11 is 0. The Bertz CT molecular complexity index is 1350. The second-order valence-electron chi connectivity index (χ2n) is 9.53. The lowest BCUT2D eigenvalue weighted by Crippen LogP contribution is -2.52. The number of likely N-dealkylation sites (tertiary alicyclic amines) is 1. The number of carbonyl (C=O) groups is 3. The van der Waals surface area contributed by atoms with Crippen molar-refractivity contribution in [3.05, 3.63) is 65.0 Å². The van der Waals surface area contributed by atoms with E-state index in [-0.39, 0.29) is 36.5 Å². The minimum absolute atomic E-state index is 0.0686. The average Bonchev–Trinajstić information content (AvgIpc) is 3.43. The molecule has 0 saturated carbocycles. The maximum atomic E-state index is 15.1. The first-order valence-electron chi connectivity index (χ1n) is 11.9.